The van der Waals surface area contributed by atoms with Crippen molar-refractivity contribution in [2.24, 2.45) is 4.40 Å². The molecule has 1 aromatic heterocycles. The highest BCUT2D eigenvalue weighted by Crippen LogP contribution is 2.58. The van der Waals surface area contributed by atoms with Crippen LogP contribution in [0.4, 0.5) is 15.3 Å². The smallest absolute Gasteiger partial charge is 0.394 e. The summed E-state index contributed by atoms with van der Waals surface area (Å²) in [6.45, 7) is 0.105. The van der Waals surface area contributed by atoms with E-state index < -0.39 is 21.0 Å². The van der Waals surface area contributed by atoms with Crippen LogP contribution in [0.1, 0.15) is 0 Å². The van der Waals surface area contributed by atoms with Gasteiger partial charge in [-0.1, -0.05) is 11.6 Å². The van der Waals surface area contributed by atoms with E-state index in [2.05, 4.69) is 9.38 Å². The number of anilines is 1. The van der Waals surface area contributed by atoms with Crippen LogP contribution in [-0.4, -0.2) is 38.6 Å². The van der Waals surface area contributed by atoms with Crippen LogP contribution in [0.2, 0.25) is 5.15 Å². The molecule has 2 rings (SSSR count). The molecular weight excluding hydrogens is 282 g/mol. The quantitative estimate of drug-likeness (QED) is 0.770. The minimum Gasteiger partial charge on any atom is -0.471 e. The van der Waals surface area contributed by atoms with Crippen LogP contribution in [0.5, 0.6) is 0 Å². The summed E-state index contributed by atoms with van der Waals surface area (Å²) in [6, 6.07) is 2.90. The Labute approximate surface area is 108 Å². The SMILES string of the molecule is O=C(O)S1(C(=O)O)N=CCN1c1ccnc(Cl)c1. The van der Waals surface area contributed by atoms with Crippen molar-refractivity contribution in [3.05, 3.63) is 23.5 Å². The molecule has 9 heteroatoms. The number of hydrogen-bond acceptors (Lipinski definition) is 5. The summed E-state index contributed by atoms with van der Waals surface area (Å²) in [5.74, 6) is 0. The first-order valence-corrected chi connectivity index (χ1v) is 6.63. The minimum atomic E-state index is -3.36. The second-order valence-corrected chi connectivity index (χ2v) is 6.10. The summed E-state index contributed by atoms with van der Waals surface area (Å²) < 4.78 is 4.89. The van der Waals surface area contributed by atoms with Crippen LogP contribution in [0.25, 0.3) is 0 Å². The number of halogens is 1. The van der Waals surface area contributed by atoms with Crippen molar-refractivity contribution in [3.8, 4) is 0 Å². The third-order valence-electron chi connectivity index (χ3n) is 2.28. The van der Waals surface area contributed by atoms with E-state index in [1.54, 1.807) is 0 Å². The summed E-state index contributed by atoms with van der Waals surface area (Å²) in [7, 11) is -3.36. The van der Waals surface area contributed by atoms with Gasteiger partial charge in [-0.15, -0.1) is 0 Å². The van der Waals surface area contributed by atoms with Crippen molar-refractivity contribution in [1.82, 2.24) is 4.98 Å². The Balaban J connectivity index is 2.51. The standard InChI is InChI=1S/C9H8ClN3O4S/c10-7-5-6(1-2-11-7)13-4-3-12-18(13,8(14)15)9(16)17/h1-3,5H,4H2,(H,14,15)(H,16,17). The van der Waals surface area contributed by atoms with E-state index in [9.17, 15) is 19.8 Å². The Morgan fingerprint density at radius 2 is 2.06 bits per heavy atom. The average molecular weight is 290 g/mol. The van der Waals surface area contributed by atoms with Crippen LogP contribution in [0.3, 0.4) is 0 Å². The number of pyridine rings is 1. The zero-order valence-electron chi connectivity index (χ0n) is 8.86. The molecular formula is C9H8ClN3O4S. The van der Waals surface area contributed by atoms with Crippen molar-refractivity contribution >= 4 is 44.5 Å². The second kappa shape index (κ2) is 4.46. The van der Waals surface area contributed by atoms with Crippen LogP contribution in [0, 0.1) is 0 Å². The Morgan fingerprint density at radius 3 is 2.61 bits per heavy atom. The predicted octanol–water partition coefficient (Wildman–Crippen LogP) is 2.62. The normalized spacial score (nSPS) is 18.6. The van der Waals surface area contributed by atoms with Gasteiger partial charge >= 0.3 is 10.6 Å². The Kier molecular flexibility index (Phi) is 3.14. The molecule has 0 atom stereocenters. The highest BCUT2D eigenvalue weighted by molar-refractivity contribution is 8.55. The molecule has 0 aliphatic carbocycles. The van der Waals surface area contributed by atoms with Crippen LogP contribution in [0.15, 0.2) is 22.7 Å². The van der Waals surface area contributed by atoms with E-state index in [-0.39, 0.29) is 11.7 Å². The maximum atomic E-state index is 11.3. The first-order valence-electron chi connectivity index (χ1n) is 4.71. The molecule has 0 radical (unpaired) electrons. The van der Waals surface area contributed by atoms with Gasteiger partial charge in [0.05, 0.1) is 12.2 Å². The third kappa shape index (κ3) is 1.79. The van der Waals surface area contributed by atoms with Crippen molar-refractivity contribution in [2.75, 3.05) is 10.8 Å². The molecule has 1 aromatic rings. The molecule has 96 valence electrons. The minimum absolute atomic E-state index is 0.105. The fourth-order valence-corrected chi connectivity index (χ4v) is 3.51. The predicted molar refractivity (Wildman–Crippen MR) is 68.7 cm³/mol. The summed E-state index contributed by atoms with van der Waals surface area (Å²) in [6.07, 6.45) is 2.66. The lowest BCUT2D eigenvalue weighted by Gasteiger charge is -2.33. The lowest BCUT2D eigenvalue weighted by molar-refractivity contribution is 0.215. The number of aromatic nitrogens is 1. The molecule has 2 N–H and O–H groups in total. The van der Waals surface area contributed by atoms with Gasteiger partial charge in [-0.2, -0.15) is 0 Å². The maximum Gasteiger partial charge on any atom is 0.394 e. The van der Waals surface area contributed by atoms with Gasteiger partial charge in [0.15, 0.2) is 0 Å². The molecule has 0 spiro atoms. The first kappa shape index (κ1) is 12.7. The lowest BCUT2D eigenvalue weighted by Crippen LogP contribution is -2.32. The molecule has 7 nitrogen and oxygen atoms in total. The summed E-state index contributed by atoms with van der Waals surface area (Å²) >= 11 is 5.71. The van der Waals surface area contributed by atoms with Crippen molar-refractivity contribution in [1.29, 1.82) is 0 Å². The number of carbonyl (C=O) groups is 2. The molecule has 0 bridgehead atoms. The van der Waals surface area contributed by atoms with Crippen molar-refractivity contribution in [3.63, 3.8) is 0 Å². The van der Waals surface area contributed by atoms with Gasteiger partial charge < -0.3 is 10.2 Å². The monoisotopic (exact) mass is 289 g/mol. The van der Waals surface area contributed by atoms with E-state index in [0.717, 1.165) is 0 Å². The molecule has 18 heavy (non-hydrogen) atoms. The van der Waals surface area contributed by atoms with Crippen molar-refractivity contribution < 1.29 is 19.8 Å². The van der Waals surface area contributed by atoms with E-state index in [1.165, 1.54) is 28.8 Å². The number of nitrogens with zero attached hydrogens (tertiary/aromatic N) is 3. The Bertz CT molecular complexity index is 536. The number of rotatable bonds is 1. The zero-order chi connectivity index (χ0) is 13.3. The highest BCUT2D eigenvalue weighted by atomic mass is 35.5. The average Bonchev–Trinajstić information content (AvgIpc) is 2.74. The van der Waals surface area contributed by atoms with E-state index in [4.69, 9.17) is 11.6 Å². The molecule has 0 saturated heterocycles. The van der Waals surface area contributed by atoms with E-state index in [0.29, 0.717) is 5.69 Å². The molecule has 0 saturated carbocycles. The molecule has 0 fully saturated rings. The largest absolute Gasteiger partial charge is 0.471 e. The fourth-order valence-electron chi connectivity index (χ4n) is 1.54. The number of carboxylic acid groups (broad SMARTS) is 2. The third-order valence-corrected chi connectivity index (χ3v) is 4.91. The van der Waals surface area contributed by atoms with Gasteiger partial charge in [0.25, 0.3) is 0 Å². The first-order chi connectivity index (χ1) is 8.48. The molecule has 1 aliphatic rings. The summed E-state index contributed by atoms with van der Waals surface area (Å²) in [4.78, 5) is 26.3. The fraction of sp³-hybridized carbons (Fsp3) is 0.111. The van der Waals surface area contributed by atoms with E-state index >= 15 is 0 Å². The van der Waals surface area contributed by atoms with Gasteiger partial charge in [-0.25, -0.2) is 19.0 Å². The molecule has 0 aromatic carbocycles. The summed E-state index contributed by atoms with van der Waals surface area (Å²) in [5, 5.41) is 15.6. The highest BCUT2D eigenvalue weighted by Gasteiger charge is 2.49. The molecule has 0 unspecified atom stereocenters. The van der Waals surface area contributed by atoms with Gasteiger partial charge in [0.2, 0.25) is 0 Å². The van der Waals surface area contributed by atoms with Crippen molar-refractivity contribution in [2.45, 2.75) is 0 Å². The van der Waals surface area contributed by atoms with Gasteiger partial charge in [0, 0.05) is 12.4 Å². The second-order valence-electron chi connectivity index (χ2n) is 3.27. The topological polar surface area (TPSA) is 103 Å². The zero-order valence-corrected chi connectivity index (χ0v) is 10.4. The number of hydrogen-bond donors (Lipinski definition) is 2. The maximum absolute atomic E-state index is 11.3. The van der Waals surface area contributed by atoms with E-state index in [1.807, 2.05) is 0 Å². The molecule has 2 heterocycles. The van der Waals surface area contributed by atoms with Crippen LogP contribution in [-0.2, 0) is 0 Å². The van der Waals surface area contributed by atoms with Crippen LogP contribution >= 0.6 is 22.0 Å². The Hall–Kier alpha value is -1.80. The lowest BCUT2D eigenvalue weighted by atomic mass is 10.4. The molecule has 0 amide bonds. The van der Waals surface area contributed by atoms with Gasteiger partial charge in [-0.3, -0.25) is 4.31 Å². The summed E-state index contributed by atoms with van der Waals surface area (Å²) in [5.41, 5.74) is 0.368. The van der Waals surface area contributed by atoms with Gasteiger partial charge in [0.1, 0.15) is 15.6 Å². The van der Waals surface area contributed by atoms with Gasteiger partial charge in [-0.05, 0) is 12.1 Å². The van der Waals surface area contributed by atoms with Crippen LogP contribution < -0.4 is 4.31 Å². The molecule has 1 aliphatic heterocycles. The Morgan fingerprint density at radius 1 is 1.39 bits per heavy atom.